The third-order valence-corrected chi connectivity index (χ3v) is 3.41. The van der Waals surface area contributed by atoms with Crippen molar-refractivity contribution in [1.82, 2.24) is 10.2 Å². The first-order chi connectivity index (χ1) is 10.1. The minimum absolute atomic E-state index is 0.316. The Balaban J connectivity index is 2.59. The third-order valence-electron chi connectivity index (χ3n) is 3.41. The van der Waals surface area contributed by atoms with Crippen LogP contribution in [0.1, 0.15) is 22.7 Å². The maximum atomic E-state index is 12.0. The Bertz CT molecular complexity index is 745. The van der Waals surface area contributed by atoms with E-state index in [1.165, 1.54) is 0 Å². The zero-order valence-electron chi connectivity index (χ0n) is 11.7. The van der Waals surface area contributed by atoms with Gasteiger partial charge in [-0.15, -0.1) is 0 Å². The van der Waals surface area contributed by atoms with Crippen molar-refractivity contribution in [3.8, 4) is 17.9 Å². The highest BCUT2D eigenvalue weighted by Gasteiger charge is 2.29. The van der Waals surface area contributed by atoms with Gasteiger partial charge in [-0.3, -0.25) is 9.89 Å². The van der Waals surface area contributed by atoms with E-state index in [2.05, 4.69) is 10.2 Å². The molecule has 106 valence electrons. The standard InChI is InChI=1S/C15H14N4O2/c1-9-13(15(20)19-18-9)14(11(7-16)8-17)10-3-5-12(21-2)6-4-10/h3-6,11,14H,1-2H3,(H2,18,19,20)/t14-/m1/s1. The van der Waals surface area contributed by atoms with Crippen molar-refractivity contribution in [1.29, 1.82) is 10.5 Å². The summed E-state index contributed by atoms with van der Waals surface area (Å²) < 4.78 is 5.10. The molecule has 1 aromatic carbocycles. The van der Waals surface area contributed by atoms with Crippen LogP contribution in [0.3, 0.4) is 0 Å². The van der Waals surface area contributed by atoms with Gasteiger partial charge in [0.25, 0.3) is 5.56 Å². The summed E-state index contributed by atoms with van der Waals surface area (Å²) in [6.07, 6.45) is 0. The van der Waals surface area contributed by atoms with Gasteiger partial charge in [0, 0.05) is 17.2 Å². The van der Waals surface area contributed by atoms with Crippen LogP contribution in [0, 0.1) is 35.5 Å². The summed E-state index contributed by atoms with van der Waals surface area (Å²) in [4.78, 5) is 12.0. The molecule has 0 unspecified atom stereocenters. The van der Waals surface area contributed by atoms with E-state index < -0.39 is 11.8 Å². The van der Waals surface area contributed by atoms with Crippen LogP contribution in [-0.2, 0) is 0 Å². The minimum Gasteiger partial charge on any atom is -0.497 e. The lowest BCUT2D eigenvalue weighted by Crippen LogP contribution is -2.19. The van der Waals surface area contributed by atoms with Crippen LogP contribution in [-0.4, -0.2) is 17.3 Å². The zero-order chi connectivity index (χ0) is 15.4. The van der Waals surface area contributed by atoms with Crippen LogP contribution >= 0.6 is 0 Å². The SMILES string of the molecule is COc1ccc([C@@H](c2c(C)[nH][nH]c2=O)C(C#N)C#N)cc1. The molecule has 0 spiro atoms. The number of H-pyrrole nitrogens is 2. The predicted molar refractivity (Wildman–Crippen MR) is 75.7 cm³/mol. The van der Waals surface area contributed by atoms with Crippen LogP contribution in [0.5, 0.6) is 5.75 Å². The molecular formula is C15H14N4O2. The monoisotopic (exact) mass is 282 g/mol. The van der Waals surface area contributed by atoms with Crippen LogP contribution in [0.15, 0.2) is 29.1 Å². The molecule has 2 aromatic rings. The number of aryl methyl sites for hydroxylation is 1. The van der Waals surface area contributed by atoms with Crippen molar-refractivity contribution in [2.24, 2.45) is 5.92 Å². The fraction of sp³-hybridized carbons (Fsp3) is 0.267. The molecule has 0 fully saturated rings. The summed E-state index contributed by atoms with van der Waals surface area (Å²) in [5.41, 5.74) is 1.44. The fourth-order valence-electron chi connectivity index (χ4n) is 2.34. The number of nitriles is 2. The lowest BCUT2D eigenvalue weighted by Gasteiger charge is -2.17. The molecule has 0 bridgehead atoms. The van der Waals surface area contributed by atoms with Gasteiger partial charge in [-0.25, -0.2) is 0 Å². The van der Waals surface area contributed by atoms with Crippen LogP contribution in [0.4, 0.5) is 0 Å². The van der Waals surface area contributed by atoms with E-state index in [9.17, 15) is 15.3 Å². The van der Waals surface area contributed by atoms with E-state index >= 15 is 0 Å². The number of hydrogen-bond donors (Lipinski definition) is 2. The highest BCUT2D eigenvalue weighted by Crippen LogP contribution is 2.32. The van der Waals surface area contributed by atoms with E-state index in [0.29, 0.717) is 17.0 Å². The first-order valence-electron chi connectivity index (χ1n) is 6.32. The van der Waals surface area contributed by atoms with Crippen LogP contribution in [0.2, 0.25) is 0 Å². The lowest BCUT2D eigenvalue weighted by atomic mass is 9.82. The van der Waals surface area contributed by atoms with E-state index in [4.69, 9.17) is 4.74 Å². The highest BCUT2D eigenvalue weighted by atomic mass is 16.5. The number of ether oxygens (including phenoxy) is 1. The lowest BCUT2D eigenvalue weighted by molar-refractivity contribution is 0.414. The number of methoxy groups -OCH3 is 1. The Morgan fingerprint density at radius 1 is 1.14 bits per heavy atom. The summed E-state index contributed by atoms with van der Waals surface area (Å²) in [6.45, 7) is 1.73. The molecule has 0 aliphatic carbocycles. The van der Waals surface area contributed by atoms with E-state index in [1.807, 2.05) is 12.1 Å². The van der Waals surface area contributed by atoms with E-state index in [1.54, 1.807) is 38.3 Å². The van der Waals surface area contributed by atoms with E-state index in [0.717, 1.165) is 5.56 Å². The smallest absolute Gasteiger partial charge is 0.268 e. The molecule has 2 N–H and O–H groups in total. The highest BCUT2D eigenvalue weighted by molar-refractivity contribution is 5.40. The quantitative estimate of drug-likeness (QED) is 0.892. The maximum Gasteiger partial charge on any atom is 0.268 e. The summed E-state index contributed by atoms with van der Waals surface area (Å²) in [5.74, 6) is -0.891. The van der Waals surface area contributed by atoms with Gasteiger partial charge in [0.15, 0.2) is 0 Å². The molecule has 6 heteroatoms. The Labute approximate surface area is 121 Å². The van der Waals surface area contributed by atoms with Crippen molar-refractivity contribution in [2.75, 3.05) is 7.11 Å². The molecule has 1 atom stereocenters. The third kappa shape index (κ3) is 2.65. The van der Waals surface area contributed by atoms with Gasteiger partial charge in [-0.2, -0.15) is 10.5 Å². The number of nitrogens with one attached hydrogen (secondary N) is 2. The summed E-state index contributed by atoms with van der Waals surface area (Å²) >= 11 is 0. The maximum absolute atomic E-state index is 12.0. The number of aromatic amines is 2. The number of nitrogens with zero attached hydrogens (tertiary/aromatic N) is 2. The fourth-order valence-corrected chi connectivity index (χ4v) is 2.34. The van der Waals surface area contributed by atoms with Crippen molar-refractivity contribution in [3.05, 3.63) is 51.4 Å². The van der Waals surface area contributed by atoms with Gasteiger partial charge < -0.3 is 9.84 Å². The van der Waals surface area contributed by atoms with Gasteiger partial charge >= 0.3 is 0 Å². The Morgan fingerprint density at radius 3 is 2.19 bits per heavy atom. The number of rotatable bonds is 4. The largest absolute Gasteiger partial charge is 0.497 e. The second-order valence-corrected chi connectivity index (χ2v) is 4.60. The molecule has 0 radical (unpaired) electrons. The molecule has 0 aliphatic heterocycles. The second kappa shape index (κ2) is 5.98. The Hall–Kier alpha value is -2.99. The number of aromatic nitrogens is 2. The Morgan fingerprint density at radius 2 is 1.76 bits per heavy atom. The predicted octanol–water partition coefficient (Wildman–Crippen LogP) is 1.82. The minimum atomic E-state index is -0.950. The van der Waals surface area contributed by atoms with Crippen LogP contribution < -0.4 is 10.3 Å². The summed E-state index contributed by atoms with van der Waals surface area (Å²) in [6, 6.07) is 10.9. The first-order valence-corrected chi connectivity index (χ1v) is 6.32. The molecule has 1 heterocycles. The molecular weight excluding hydrogens is 268 g/mol. The topological polar surface area (TPSA) is 105 Å². The van der Waals surface area contributed by atoms with Gasteiger partial charge in [0.2, 0.25) is 0 Å². The number of hydrogen-bond acceptors (Lipinski definition) is 4. The average molecular weight is 282 g/mol. The van der Waals surface area contributed by atoms with Gasteiger partial charge in [-0.1, -0.05) is 12.1 Å². The van der Waals surface area contributed by atoms with Crippen LogP contribution in [0.25, 0.3) is 0 Å². The average Bonchev–Trinajstić information content (AvgIpc) is 2.84. The van der Waals surface area contributed by atoms with Crippen molar-refractivity contribution < 1.29 is 4.74 Å². The number of benzene rings is 1. The van der Waals surface area contributed by atoms with Gasteiger partial charge in [-0.05, 0) is 24.6 Å². The molecule has 0 aliphatic rings. The van der Waals surface area contributed by atoms with Crippen molar-refractivity contribution in [3.63, 3.8) is 0 Å². The molecule has 0 saturated carbocycles. The molecule has 0 amide bonds. The normalized spacial score (nSPS) is 11.7. The van der Waals surface area contributed by atoms with E-state index in [-0.39, 0.29) is 5.56 Å². The molecule has 6 nitrogen and oxygen atoms in total. The Kier molecular flexibility index (Phi) is 4.10. The zero-order valence-corrected chi connectivity index (χ0v) is 11.7. The molecule has 2 rings (SSSR count). The van der Waals surface area contributed by atoms with Crippen molar-refractivity contribution in [2.45, 2.75) is 12.8 Å². The van der Waals surface area contributed by atoms with Crippen molar-refractivity contribution >= 4 is 0 Å². The summed E-state index contributed by atoms with van der Waals surface area (Å²) in [5, 5.41) is 23.7. The molecule has 0 saturated heterocycles. The molecule has 21 heavy (non-hydrogen) atoms. The molecule has 1 aromatic heterocycles. The van der Waals surface area contributed by atoms with Gasteiger partial charge in [0.1, 0.15) is 11.7 Å². The van der Waals surface area contributed by atoms with Gasteiger partial charge in [0.05, 0.1) is 19.2 Å². The first kappa shape index (κ1) is 14.4. The summed E-state index contributed by atoms with van der Waals surface area (Å²) in [7, 11) is 1.56. The second-order valence-electron chi connectivity index (χ2n) is 4.60.